The van der Waals surface area contributed by atoms with Gasteiger partial charge in [0.25, 0.3) is 17.7 Å². The third-order valence-electron chi connectivity index (χ3n) is 6.07. The second-order valence-corrected chi connectivity index (χ2v) is 7.96. The van der Waals surface area contributed by atoms with E-state index in [0.717, 1.165) is 32.1 Å². The highest BCUT2D eigenvalue weighted by atomic mass is 16.5. The molecule has 6 nitrogen and oxygen atoms in total. The van der Waals surface area contributed by atoms with Crippen molar-refractivity contribution >= 4 is 17.7 Å². The molecule has 3 unspecified atom stereocenters. The van der Waals surface area contributed by atoms with E-state index in [2.05, 4.69) is 12.2 Å². The predicted octanol–water partition coefficient (Wildman–Crippen LogP) is 2.77. The van der Waals surface area contributed by atoms with E-state index in [-0.39, 0.29) is 36.4 Å². The Morgan fingerprint density at radius 3 is 2.63 bits per heavy atom. The van der Waals surface area contributed by atoms with Gasteiger partial charge in [0.15, 0.2) is 0 Å². The molecule has 3 atom stereocenters. The Hall–Kier alpha value is -2.21. The highest BCUT2D eigenvalue weighted by Crippen LogP contribution is 2.27. The largest absolute Gasteiger partial charge is 0.376 e. The van der Waals surface area contributed by atoms with Crippen molar-refractivity contribution in [1.29, 1.82) is 0 Å². The van der Waals surface area contributed by atoms with Crippen molar-refractivity contribution < 1.29 is 19.1 Å². The van der Waals surface area contributed by atoms with E-state index in [1.165, 1.54) is 11.3 Å². The first kappa shape index (κ1) is 18.2. The van der Waals surface area contributed by atoms with E-state index < -0.39 is 0 Å². The fraction of sp³-hybridized carbons (Fsp3) is 0.571. The minimum absolute atomic E-state index is 0.0808. The number of fused-ring (bicyclic) bond motifs is 1. The van der Waals surface area contributed by atoms with E-state index in [9.17, 15) is 14.4 Å². The average Bonchev–Trinajstić information content (AvgIpc) is 3.26. The third-order valence-corrected chi connectivity index (χ3v) is 6.07. The van der Waals surface area contributed by atoms with Gasteiger partial charge >= 0.3 is 0 Å². The maximum Gasteiger partial charge on any atom is 0.261 e. The quantitative estimate of drug-likeness (QED) is 0.827. The maximum atomic E-state index is 12.7. The van der Waals surface area contributed by atoms with Gasteiger partial charge in [0.1, 0.15) is 0 Å². The molecule has 0 radical (unpaired) electrons. The molecule has 0 spiro atoms. The lowest BCUT2D eigenvalue weighted by molar-refractivity contribution is 0.0475. The first-order chi connectivity index (χ1) is 13.0. The van der Waals surface area contributed by atoms with Crippen LogP contribution in [0.1, 0.15) is 76.5 Å². The zero-order valence-electron chi connectivity index (χ0n) is 15.7. The van der Waals surface area contributed by atoms with Crippen LogP contribution in [0.5, 0.6) is 0 Å². The molecule has 6 heteroatoms. The van der Waals surface area contributed by atoms with Crippen molar-refractivity contribution in [2.24, 2.45) is 5.92 Å². The maximum absolute atomic E-state index is 12.7. The van der Waals surface area contributed by atoms with Crippen molar-refractivity contribution in [1.82, 2.24) is 10.2 Å². The molecule has 1 aromatic carbocycles. The number of carbonyl (C=O) groups is 3. The molecule has 1 saturated carbocycles. The molecule has 1 aliphatic carbocycles. The fourth-order valence-corrected chi connectivity index (χ4v) is 4.37. The number of carbonyl (C=O) groups excluding carboxylic acids is 3. The summed E-state index contributed by atoms with van der Waals surface area (Å²) in [5, 5.41) is 3.10. The minimum atomic E-state index is -0.328. The Labute approximate surface area is 159 Å². The second kappa shape index (κ2) is 7.43. The van der Waals surface area contributed by atoms with E-state index in [1.807, 2.05) is 0 Å². The zero-order valence-corrected chi connectivity index (χ0v) is 15.7. The van der Waals surface area contributed by atoms with Crippen LogP contribution >= 0.6 is 0 Å². The second-order valence-electron chi connectivity index (χ2n) is 7.96. The summed E-state index contributed by atoms with van der Waals surface area (Å²) in [6.07, 6.45) is 6.19. The van der Waals surface area contributed by atoms with Gasteiger partial charge in [0.05, 0.1) is 23.8 Å². The number of nitrogens with one attached hydrogen (secondary N) is 1. The van der Waals surface area contributed by atoms with Gasteiger partial charge in [-0.2, -0.15) is 0 Å². The summed E-state index contributed by atoms with van der Waals surface area (Å²) >= 11 is 0. The standard InChI is InChI=1S/C21H26N2O4/c1-13-5-2-3-7-18(13)22-19(24)14-8-9-16-17(11-14)21(26)23(20(16)25)12-15-6-4-10-27-15/h8-9,11,13,15,18H,2-7,10,12H2,1H3,(H,22,24). The normalized spacial score (nSPS) is 27.7. The Morgan fingerprint density at radius 2 is 1.89 bits per heavy atom. The van der Waals surface area contributed by atoms with Gasteiger partial charge in [0.2, 0.25) is 0 Å². The van der Waals surface area contributed by atoms with Crippen LogP contribution in [0.3, 0.4) is 0 Å². The van der Waals surface area contributed by atoms with E-state index >= 15 is 0 Å². The van der Waals surface area contributed by atoms with Gasteiger partial charge < -0.3 is 10.1 Å². The first-order valence-electron chi connectivity index (χ1n) is 9.97. The van der Waals surface area contributed by atoms with Crippen molar-refractivity contribution in [2.45, 2.75) is 57.6 Å². The average molecular weight is 370 g/mol. The topological polar surface area (TPSA) is 75.7 Å². The van der Waals surface area contributed by atoms with E-state index in [0.29, 0.717) is 29.2 Å². The number of nitrogens with zero attached hydrogens (tertiary/aromatic N) is 1. The lowest BCUT2D eigenvalue weighted by Gasteiger charge is -2.29. The van der Waals surface area contributed by atoms with E-state index in [4.69, 9.17) is 4.74 Å². The molecule has 0 aromatic heterocycles. The number of imide groups is 1. The van der Waals surface area contributed by atoms with Gasteiger partial charge in [-0.05, 0) is 49.8 Å². The molecule has 2 fully saturated rings. The zero-order chi connectivity index (χ0) is 19.0. The van der Waals surface area contributed by atoms with Gasteiger partial charge in [-0.1, -0.05) is 19.8 Å². The molecule has 1 aromatic rings. The van der Waals surface area contributed by atoms with Crippen molar-refractivity contribution in [3.8, 4) is 0 Å². The number of hydrogen-bond donors (Lipinski definition) is 1. The van der Waals surface area contributed by atoms with E-state index in [1.54, 1.807) is 18.2 Å². The molecule has 1 saturated heterocycles. The molecule has 4 rings (SSSR count). The number of ether oxygens (including phenoxy) is 1. The number of hydrogen-bond acceptors (Lipinski definition) is 4. The number of rotatable bonds is 4. The smallest absolute Gasteiger partial charge is 0.261 e. The molecule has 3 aliphatic rings. The Morgan fingerprint density at radius 1 is 1.11 bits per heavy atom. The lowest BCUT2D eigenvalue weighted by Crippen LogP contribution is -2.41. The summed E-state index contributed by atoms with van der Waals surface area (Å²) in [5.41, 5.74) is 1.13. The lowest BCUT2D eigenvalue weighted by atomic mass is 9.86. The molecule has 2 heterocycles. The monoisotopic (exact) mass is 370 g/mol. The first-order valence-corrected chi connectivity index (χ1v) is 9.97. The van der Waals surface area contributed by atoms with Gasteiger partial charge in [-0.3, -0.25) is 19.3 Å². The van der Waals surface area contributed by atoms with Crippen LogP contribution in [-0.4, -0.2) is 47.9 Å². The van der Waals surface area contributed by atoms with Gasteiger partial charge in [-0.15, -0.1) is 0 Å². The Balaban J connectivity index is 1.49. The SMILES string of the molecule is CC1CCCCC1NC(=O)c1ccc2c(c1)C(=O)N(CC1CCCO1)C2=O. The molecular formula is C21H26N2O4. The van der Waals surface area contributed by atoms with Crippen molar-refractivity contribution in [3.05, 3.63) is 34.9 Å². The van der Waals surface area contributed by atoms with Crippen LogP contribution < -0.4 is 5.32 Å². The summed E-state index contributed by atoms with van der Waals surface area (Å²) in [7, 11) is 0. The molecule has 3 amide bonds. The van der Waals surface area contributed by atoms with Crippen LogP contribution in [0.2, 0.25) is 0 Å². The van der Waals surface area contributed by atoms with Gasteiger partial charge in [-0.25, -0.2) is 0 Å². The fourth-order valence-electron chi connectivity index (χ4n) is 4.37. The number of benzene rings is 1. The molecule has 144 valence electrons. The van der Waals surface area contributed by atoms with Crippen molar-refractivity contribution in [2.75, 3.05) is 13.2 Å². The van der Waals surface area contributed by atoms with Crippen LogP contribution in [0.25, 0.3) is 0 Å². The van der Waals surface area contributed by atoms with Gasteiger partial charge in [0, 0.05) is 18.2 Å². The third kappa shape index (κ3) is 3.50. The summed E-state index contributed by atoms with van der Waals surface area (Å²) in [6, 6.07) is 4.98. The summed E-state index contributed by atoms with van der Waals surface area (Å²) in [6.45, 7) is 3.13. The molecule has 2 aliphatic heterocycles. The summed E-state index contributed by atoms with van der Waals surface area (Å²) in [5.74, 6) is -0.332. The Kier molecular flexibility index (Phi) is 5.00. The number of amides is 3. The van der Waals surface area contributed by atoms with Crippen LogP contribution in [0.4, 0.5) is 0 Å². The minimum Gasteiger partial charge on any atom is -0.376 e. The Bertz CT molecular complexity index is 769. The molecule has 1 N–H and O–H groups in total. The van der Waals surface area contributed by atoms with Crippen LogP contribution in [0, 0.1) is 5.92 Å². The van der Waals surface area contributed by atoms with Crippen LogP contribution in [0.15, 0.2) is 18.2 Å². The highest BCUT2D eigenvalue weighted by molar-refractivity contribution is 6.22. The van der Waals surface area contributed by atoms with Crippen LogP contribution in [-0.2, 0) is 4.74 Å². The predicted molar refractivity (Wildman–Crippen MR) is 99.7 cm³/mol. The molecular weight excluding hydrogens is 344 g/mol. The van der Waals surface area contributed by atoms with Crippen molar-refractivity contribution in [3.63, 3.8) is 0 Å². The molecule has 0 bridgehead atoms. The summed E-state index contributed by atoms with van der Waals surface area (Å²) in [4.78, 5) is 39.2. The summed E-state index contributed by atoms with van der Waals surface area (Å²) < 4.78 is 5.56. The molecule has 27 heavy (non-hydrogen) atoms. The highest BCUT2D eigenvalue weighted by Gasteiger charge is 2.38.